The molecule has 0 aliphatic carbocycles. The van der Waals surface area contributed by atoms with E-state index in [9.17, 15) is 9.59 Å². The van der Waals surface area contributed by atoms with Crippen molar-refractivity contribution in [3.05, 3.63) is 33.8 Å². The van der Waals surface area contributed by atoms with E-state index in [4.69, 9.17) is 23.2 Å². The molecule has 1 fully saturated rings. The van der Waals surface area contributed by atoms with Crippen LogP contribution in [0.25, 0.3) is 0 Å². The van der Waals surface area contributed by atoms with Crippen molar-refractivity contribution in [1.82, 2.24) is 10.6 Å². The zero-order valence-corrected chi connectivity index (χ0v) is 11.7. The van der Waals surface area contributed by atoms with Crippen LogP contribution in [0.15, 0.2) is 18.2 Å². The summed E-state index contributed by atoms with van der Waals surface area (Å²) in [5.74, 6) is -0.0726. The van der Waals surface area contributed by atoms with Gasteiger partial charge < -0.3 is 10.6 Å². The summed E-state index contributed by atoms with van der Waals surface area (Å²) in [4.78, 5) is 22.9. The quantitative estimate of drug-likeness (QED) is 0.896. The molecule has 0 saturated carbocycles. The molecule has 1 aliphatic heterocycles. The van der Waals surface area contributed by atoms with E-state index < -0.39 is 0 Å². The van der Waals surface area contributed by atoms with Crippen LogP contribution in [-0.2, 0) is 16.0 Å². The second kappa shape index (κ2) is 6.26. The van der Waals surface area contributed by atoms with Gasteiger partial charge >= 0.3 is 0 Å². The topological polar surface area (TPSA) is 58.2 Å². The van der Waals surface area contributed by atoms with E-state index in [-0.39, 0.29) is 24.3 Å². The number of carbonyl (C=O) groups is 2. The standard InChI is InChI=1S/C13H14Cl2N2O2/c14-9-2-1-8(11(15)6-9)5-13(19)17-10-3-4-12(18)16-7-10/h1-2,6,10H,3-5,7H2,(H,16,18)(H,17,19). The summed E-state index contributed by atoms with van der Waals surface area (Å²) in [5.41, 5.74) is 0.739. The number of benzene rings is 1. The van der Waals surface area contributed by atoms with Gasteiger partial charge in [0.15, 0.2) is 0 Å². The molecule has 1 unspecified atom stereocenters. The van der Waals surface area contributed by atoms with Gasteiger partial charge in [0.25, 0.3) is 0 Å². The first kappa shape index (κ1) is 14.2. The number of halogens is 2. The fraction of sp³-hybridized carbons (Fsp3) is 0.385. The van der Waals surface area contributed by atoms with Crippen molar-refractivity contribution in [2.24, 2.45) is 0 Å². The summed E-state index contributed by atoms with van der Waals surface area (Å²) in [7, 11) is 0. The van der Waals surface area contributed by atoms with Crippen molar-refractivity contribution >= 4 is 35.0 Å². The Hall–Kier alpha value is -1.26. The first-order chi connectivity index (χ1) is 9.04. The van der Waals surface area contributed by atoms with Crippen molar-refractivity contribution in [1.29, 1.82) is 0 Å². The van der Waals surface area contributed by atoms with Crippen LogP contribution in [0.3, 0.4) is 0 Å². The van der Waals surface area contributed by atoms with E-state index >= 15 is 0 Å². The number of nitrogens with one attached hydrogen (secondary N) is 2. The molecule has 0 radical (unpaired) electrons. The summed E-state index contributed by atoms with van der Waals surface area (Å²) in [5, 5.41) is 6.64. The van der Waals surface area contributed by atoms with Crippen LogP contribution in [0.5, 0.6) is 0 Å². The third-order valence-electron chi connectivity index (χ3n) is 3.00. The molecule has 0 aromatic heterocycles. The molecule has 2 N–H and O–H groups in total. The van der Waals surface area contributed by atoms with Crippen molar-refractivity contribution in [3.63, 3.8) is 0 Å². The van der Waals surface area contributed by atoms with Crippen LogP contribution < -0.4 is 10.6 Å². The van der Waals surface area contributed by atoms with E-state index in [1.807, 2.05) is 0 Å². The Labute approximate surface area is 121 Å². The maximum Gasteiger partial charge on any atom is 0.224 e. The molecule has 1 heterocycles. The van der Waals surface area contributed by atoms with Gasteiger partial charge in [-0.3, -0.25) is 9.59 Å². The average molecular weight is 301 g/mol. The van der Waals surface area contributed by atoms with Gasteiger partial charge in [0, 0.05) is 29.1 Å². The molecular weight excluding hydrogens is 287 g/mol. The Balaban J connectivity index is 1.89. The summed E-state index contributed by atoms with van der Waals surface area (Å²) in [6, 6.07) is 5.06. The zero-order chi connectivity index (χ0) is 13.8. The zero-order valence-electron chi connectivity index (χ0n) is 10.2. The van der Waals surface area contributed by atoms with Crippen molar-refractivity contribution in [2.75, 3.05) is 6.54 Å². The normalized spacial score (nSPS) is 18.8. The van der Waals surface area contributed by atoms with E-state index in [1.54, 1.807) is 18.2 Å². The Kier molecular flexibility index (Phi) is 4.66. The Morgan fingerprint density at radius 1 is 1.42 bits per heavy atom. The number of hydrogen-bond donors (Lipinski definition) is 2. The summed E-state index contributed by atoms with van der Waals surface area (Å²) >= 11 is 11.8. The smallest absolute Gasteiger partial charge is 0.224 e. The molecule has 19 heavy (non-hydrogen) atoms. The Morgan fingerprint density at radius 2 is 2.21 bits per heavy atom. The van der Waals surface area contributed by atoms with Crippen LogP contribution in [-0.4, -0.2) is 24.4 Å². The maximum absolute atomic E-state index is 11.9. The molecule has 4 nitrogen and oxygen atoms in total. The minimum Gasteiger partial charge on any atom is -0.354 e. The number of hydrogen-bond acceptors (Lipinski definition) is 2. The molecule has 1 atom stereocenters. The van der Waals surface area contributed by atoms with E-state index in [1.165, 1.54) is 0 Å². The first-order valence-corrected chi connectivity index (χ1v) is 6.80. The monoisotopic (exact) mass is 300 g/mol. The molecule has 0 spiro atoms. The molecular formula is C13H14Cl2N2O2. The maximum atomic E-state index is 11.9. The molecule has 0 bridgehead atoms. The molecule has 1 aliphatic rings. The largest absolute Gasteiger partial charge is 0.354 e. The predicted octanol–water partition coefficient (Wildman–Crippen LogP) is 1.93. The lowest BCUT2D eigenvalue weighted by Crippen LogP contribution is -2.48. The van der Waals surface area contributed by atoms with Crippen LogP contribution >= 0.6 is 23.2 Å². The van der Waals surface area contributed by atoms with Gasteiger partial charge in [0.2, 0.25) is 11.8 Å². The number of rotatable bonds is 3. The predicted molar refractivity (Wildman–Crippen MR) is 74.3 cm³/mol. The van der Waals surface area contributed by atoms with E-state index in [0.717, 1.165) is 5.56 Å². The first-order valence-electron chi connectivity index (χ1n) is 6.04. The molecule has 102 valence electrons. The highest BCUT2D eigenvalue weighted by molar-refractivity contribution is 6.35. The molecule has 2 rings (SSSR count). The van der Waals surface area contributed by atoms with Crippen LogP contribution in [0.2, 0.25) is 10.0 Å². The van der Waals surface area contributed by atoms with Gasteiger partial charge in [0.05, 0.1) is 6.42 Å². The van der Waals surface area contributed by atoms with Crippen molar-refractivity contribution in [3.8, 4) is 0 Å². The highest BCUT2D eigenvalue weighted by Crippen LogP contribution is 2.21. The van der Waals surface area contributed by atoms with Gasteiger partial charge in [0.1, 0.15) is 0 Å². The van der Waals surface area contributed by atoms with E-state index in [0.29, 0.717) is 29.4 Å². The number of carbonyl (C=O) groups excluding carboxylic acids is 2. The van der Waals surface area contributed by atoms with Gasteiger partial charge in [-0.2, -0.15) is 0 Å². The third-order valence-corrected chi connectivity index (χ3v) is 3.58. The second-order valence-electron chi connectivity index (χ2n) is 4.52. The average Bonchev–Trinajstić information content (AvgIpc) is 2.36. The molecule has 1 aromatic carbocycles. The summed E-state index contributed by atoms with van der Waals surface area (Å²) < 4.78 is 0. The molecule has 1 aromatic rings. The Bertz CT molecular complexity index is 495. The summed E-state index contributed by atoms with van der Waals surface area (Å²) in [6.07, 6.45) is 1.33. The van der Waals surface area contributed by atoms with Crippen molar-refractivity contribution in [2.45, 2.75) is 25.3 Å². The molecule has 1 saturated heterocycles. The van der Waals surface area contributed by atoms with Gasteiger partial charge in [-0.1, -0.05) is 29.3 Å². The minimum atomic E-state index is -0.106. The van der Waals surface area contributed by atoms with Gasteiger partial charge in [-0.25, -0.2) is 0 Å². The van der Waals surface area contributed by atoms with E-state index in [2.05, 4.69) is 10.6 Å². The van der Waals surface area contributed by atoms with Crippen molar-refractivity contribution < 1.29 is 9.59 Å². The highest BCUT2D eigenvalue weighted by atomic mass is 35.5. The lowest BCUT2D eigenvalue weighted by Gasteiger charge is -2.23. The second-order valence-corrected chi connectivity index (χ2v) is 5.36. The van der Waals surface area contributed by atoms with Gasteiger partial charge in [-0.15, -0.1) is 0 Å². The SMILES string of the molecule is O=C1CCC(NC(=O)Cc2ccc(Cl)cc2Cl)CN1. The minimum absolute atomic E-state index is 0.00345. The van der Waals surface area contributed by atoms with Crippen LogP contribution in [0.4, 0.5) is 0 Å². The molecule has 6 heteroatoms. The van der Waals surface area contributed by atoms with Crippen LogP contribution in [0.1, 0.15) is 18.4 Å². The fourth-order valence-electron chi connectivity index (χ4n) is 1.97. The lowest BCUT2D eigenvalue weighted by atomic mass is 10.1. The molecule has 2 amide bonds. The third kappa shape index (κ3) is 4.11. The fourth-order valence-corrected chi connectivity index (χ4v) is 2.45. The number of piperidine rings is 1. The van der Waals surface area contributed by atoms with Gasteiger partial charge in [-0.05, 0) is 24.1 Å². The lowest BCUT2D eigenvalue weighted by molar-refractivity contribution is -0.125. The number of amides is 2. The summed E-state index contributed by atoms with van der Waals surface area (Å²) in [6.45, 7) is 0.485. The Morgan fingerprint density at radius 3 is 2.84 bits per heavy atom. The van der Waals surface area contributed by atoms with Crippen LogP contribution in [0, 0.1) is 0 Å². The highest BCUT2D eigenvalue weighted by Gasteiger charge is 2.19.